The highest BCUT2D eigenvalue weighted by atomic mass is 16.5. The molecule has 1 saturated heterocycles. The van der Waals surface area contributed by atoms with Crippen molar-refractivity contribution in [1.29, 1.82) is 0 Å². The maximum Gasteiger partial charge on any atom is 0.219 e. The van der Waals surface area contributed by atoms with Crippen molar-refractivity contribution >= 4 is 17.3 Å². The van der Waals surface area contributed by atoms with Gasteiger partial charge in [-0.2, -0.15) is 5.10 Å². The average Bonchev–Trinajstić information content (AvgIpc) is 3.52. The van der Waals surface area contributed by atoms with Gasteiger partial charge in [0.2, 0.25) is 5.88 Å². The fourth-order valence-electron chi connectivity index (χ4n) is 4.29. The van der Waals surface area contributed by atoms with E-state index in [-0.39, 0.29) is 0 Å². The van der Waals surface area contributed by atoms with Gasteiger partial charge in [-0.05, 0) is 62.7 Å². The van der Waals surface area contributed by atoms with Crippen LogP contribution in [0.25, 0.3) is 22.2 Å². The number of hydrogen-bond acceptors (Lipinski definition) is 7. The van der Waals surface area contributed by atoms with Crippen LogP contribution < -0.4 is 10.1 Å². The molecule has 33 heavy (non-hydrogen) atoms. The number of nitrogens with zero attached hydrogens (tertiary/aromatic N) is 3. The first-order valence-electron chi connectivity index (χ1n) is 11.3. The molecule has 3 aromatic heterocycles. The van der Waals surface area contributed by atoms with E-state index in [0.717, 1.165) is 73.1 Å². The van der Waals surface area contributed by atoms with Gasteiger partial charge in [-0.15, -0.1) is 0 Å². The second-order valence-corrected chi connectivity index (χ2v) is 8.42. The summed E-state index contributed by atoms with van der Waals surface area (Å²) in [4.78, 5) is 17.3. The molecule has 170 valence electrons. The molecule has 0 atom stereocenters. The largest absolute Gasteiger partial charge is 0.464 e. The van der Waals surface area contributed by atoms with E-state index in [1.165, 1.54) is 0 Å². The number of hydrogen-bond donors (Lipinski definition) is 2. The maximum absolute atomic E-state index is 10.7. The molecule has 2 N–H and O–H groups in total. The molecule has 1 aliphatic heterocycles. The summed E-state index contributed by atoms with van der Waals surface area (Å²) in [6.45, 7) is 4.30. The summed E-state index contributed by atoms with van der Waals surface area (Å²) in [6.07, 6.45) is 8.53. The Hall–Kier alpha value is -3.49. The van der Waals surface area contributed by atoms with Crippen LogP contribution in [0.1, 0.15) is 18.4 Å². The van der Waals surface area contributed by atoms with Crippen molar-refractivity contribution in [3.05, 3.63) is 60.6 Å². The highest BCUT2D eigenvalue weighted by Gasteiger charge is 2.18. The topological polar surface area (TPSA) is 96.3 Å². The number of ether oxygens (including phenoxy) is 1. The van der Waals surface area contributed by atoms with Gasteiger partial charge in [0.05, 0.1) is 18.5 Å². The second-order valence-electron chi connectivity index (χ2n) is 8.42. The van der Waals surface area contributed by atoms with Crippen LogP contribution in [0, 0.1) is 5.92 Å². The minimum atomic E-state index is 0.519. The zero-order valence-electron chi connectivity index (χ0n) is 18.4. The van der Waals surface area contributed by atoms with Crippen molar-refractivity contribution in [3.8, 4) is 22.9 Å². The predicted octanol–water partition coefficient (Wildman–Crippen LogP) is 4.01. The van der Waals surface area contributed by atoms with Crippen LogP contribution in [0.4, 0.5) is 0 Å². The van der Waals surface area contributed by atoms with E-state index in [0.29, 0.717) is 24.1 Å². The quantitative estimate of drug-likeness (QED) is 0.376. The van der Waals surface area contributed by atoms with Gasteiger partial charge < -0.3 is 19.3 Å². The zero-order chi connectivity index (χ0) is 22.5. The summed E-state index contributed by atoms with van der Waals surface area (Å²) in [5.41, 5.74) is 3.79. The lowest BCUT2D eigenvalue weighted by Gasteiger charge is -2.30. The number of nitrogens with one attached hydrogen (secondary N) is 2. The number of H-pyrrole nitrogens is 1. The lowest BCUT2D eigenvalue weighted by atomic mass is 9.97. The smallest absolute Gasteiger partial charge is 0.219 e. The molecule has 0 spiro atoms. The maximum atomic E-state index is 10.7. The number of fused-ring (bicyclic) bond motifs is 1. The number of furan rings is 1. The minimum Gasteiger partial charge on any atom is -0.464 e. The Morgan fingerprint density at radius 3 is 2.88 bits per heavy atom. The molecule has 0 unspecified atom stereocenters. The third-order valence-corrected chi connectivity index (χ3v) is 6.19. The number of aromatic nitrogens is 3. The number of aldehydes is 1. The minimum absolute atomic E-state index is 0.519. The van der Waals surface area contributed by atoms with Crippen LogP contribution in [0.3, 0.4) is 0 Å². The zero-order valence-corrected chi connectivity index (χ0v) is 18.4. The number of likely N-dealkylation sites (tertiary alicyclic amines) is 1. The first-order chi connectivity index (χ1) is 16.3. The molecule has 1 fully saturated rings. The van der Waals surface area contributed by atoms with Crippen molar-refractivity contribution in [2.75, 3.05) is 26.2 Å². The standard InChI is InChI=1S/C25H27N5O3/c31-12-11-30-9-6-18(7-10-30)14-26-15-20-17-32-24-13-21(2-3-22(20)24)33-25-4-1-19(16-27-25)23-5-8-28-29-23/h1-5,8,12-13,16-18,26H,6-7,9-11,14-15H2,(H,28,29). The molecule has 0 aliphatic carbocycles. The van der Waals surface area contributed by atoms with Crippen LogP contribution in [0.2, 0.25) is 0 Å². The Kier molecular flexibility index (Phi) is 6.46. The number of carbonyl (C=O) groups is 1. The van der Waals surface area contributed by atoms with E-state index in [9.17, 15) is 4.79 Å². The lowest BCUT2D eigenvalue weighted by molar-refractivity contribution is -0.109. The van der Waals surface area contributed by atoms with E-state index in [4.69, 9.17) is 9.15 Å². The highest BCUT2D eigenvalue weighted by Crippen LogP contribution is 2.29. The molecule has 1 aromatic carbocycles. The Balaban J connectivity index is 1.16. The third kappa shape index (κ3) is 5.13. The number of benzene rings is 1. The monoisotopic (exact) mass is 445 g/mol. The third-order valence-electron chi connectivity index (χ3n) is 6.19. The molecule has 1 aliphatic rings. The summed E-state index contributed by atoms with van der Waals surface area (Å²) in [5, 5.41) is 11.5. The second kappa shape index (κ2) is 9.97. The Morgan fingerprint density at radius 1 is 1.21 bits per heavy atom. The van der Waals surface area contributed by atoms with Gasteiger partial charge in [0.1, 0.15) is 17.6 Å². The van der Waals surface area contributed by atoms with E-state index >= 15 is 0 Å². The van der Waals surface area contributed by atoms with E-state index in [1.54, 1.807) is 12.4 Å². The molecule has 0 bridgehead atoms. The number of rotatable bonds is 9. The first-order valence-corrected chi connectivity index (χ1v) is 11.3. The average molecular weight is 446 g/mol. The molecule has 0 radical (unpaired) electrons. The molecule has 4 heterocycles. The van der Waals surface area contributed by atoms with E-state index < -0.39 is 0 Å². The van der Waals surface area contributed by atoms with Gasteiger partial charge in [-0.3, -0.25) is 10.00 Å². The lowest BCUT2D eigenvalue weighted by Crippen LogP contribution is -2.38. The summed E-state index contributed by atoms with van der Waals surface area (Å²) in [7, 11) is 0. The van der Waals surface area contributed by atoms with Gasteiger partial charge in [0.25, 0.3) is 0 Å². The van der Waals surface area contributed by atoms with E-state index in [2.05, 4.69) is 25.4 Å². The number of piperidine rings is 1. The fourth-order valence-corrected chi connectivity index (χ4v) is 4.29. The van der Waals surface area contributed by atoms with Gasteiger partial charge >= 0.3 is 0 Å². The van der Waals surface area contributed by atoms with Crippen molar-refractivity contribution in [3.63, 3.8) is 0 Å². The molecule has 0 saturated carbocycles. The van der Waals surface area contributed by atoms with Crippen molar-refractivity contribution in [1.82, 2.24) is 25.4 Å². The van der Waals surface area contributed by atoms with Crippen LogP contribution in [0.5, 0.6) is 11.6 Å². The first kappa shape index (κ1) is 21.4. The normalized spacial score (nSPS) is 15.2. The van der Waals surface area contributed by atoms with Gasteiger partial charge in [-0.25, -0.2) is 4.98 Å². The summed E-state index contributed by atoms with van der Waals surface area (Å²) in [6, 6.07) is 11.5. The SMILES string of the molecule is O=CCN1CCC(CNCc2coc3cc(Oc4ccc(-c5ccn[nH]5)cn4)ccc23)CC1. The van der Waals surface area contributed by atoms with Gasteiger partial charge in [-0.1, -0.05) is 0 Å². The Morgan fingerprint density at radius 2 is 2.12 bits per heavy atom. The number of aromatic amines is 1. The molecular formula is C25H27N5O3. The van der Waals surface area contributed by atoms with E-state index in [1.807, 2.05) is 42.7 Å². The fraction of sp³-hybridized carbons (Fsp3) is 0.320. The van der Waals surface area contributed by atoms with Crippen LogP contribution >= 0.6 is 0 Å². The molecule has 8 nitrogen and oxygen atoms in total. The molecule has 0 amide bonds. The Labute approximate surface area is 192 Å². The summed E-state index contributed by atoms with van der Waals surface area (Å²) in [5.74, 6) is 1.85. The molecule has 4 aromatic rings. The van der Waals surface area contributed by atoms with Crippen LogP contribution in [-0.4, -0.2) is 52.5 Å². The van der Waals surface area contributed by atoms with Crippen LogP contribution in [-0.2, 0) is 11.3 Å². The van der Waals surface area contributed by atoms with Crippen molar-refractivity contribution < 1.29 is 13.9 Å². The van der Waals surface area contributed by atoms with Gasteiger partial charge in [0.15, 0.2) is 0 Å². The molecule has 5 rings (SSSR count). The van der Waals surface area contributed by atoms with Gasteiger partial charge in [0, 0.05) is 47.6 Å². The number of pyridine rings is 1. The molecule has 8 heteroatoms. The van der Waals surface area contributed by atoms with Crippen LogP contribution in [0.15, 0.2) is 59.5 Å². The van der Waals surface area contributed by atoms with Crippen molar-refractivity contribution in [2.45, 2.75) is 19.4 Å². The summed E-state index contributed by atoms with van der Waals surface area (Å²) >= 11 is 0. The highest BCUT2D eigenvalue weighted by molar-refractivity contribution is 5.82. The van der Waals surface area contributed by atoms with Crippen molar-refractivity contribution in [2.24, 2.45) is 5.92 Å². The number of carbonyl (C=O) groups excluding carboxylic acids is 1. The summed E-state index contributed by atoms with van der Waals surface area (Å²) < 4.78 is 11.7. The Bertz CT molecular complexity index is 1180. The predicted molar refractivity (Wildman–Crippen MR) is 125 cm³/mol. The molecular weight excluding hydrogens is 418 g/mol.